The zero-order chi connectivity index (χ0) is 31.2. The van der Waals surface area contributed by atoms with E-state index in [1.807, 2.05) is 54.6 Å². The third-order valence-electron chi connectivity index (χ3n) is 7.09. The first-order valence-electron chi connectivity index (χ1n) is 15.1. The van der Waals surface area contributed by atoms with E-state index in [2.05, 4.69) is 48.1 Å². The number of aromatic nitrogens is 2. The van der Waals surface area contributed by atoms with Crippen molar-refractivity contribution >= 4 is 43.4 Å². The van der Waals surface area contributed by atoms with Crippen molar-refractivity contribution in [3.8, 4) is 22.5 Å². The molecule has 0 spiro atoms. The van der Waals surface area contributed by atoms with Crippen LogP contribution in [0.2, 0.25) is 0 Å². The first-order chi connectivity index (χ1) is 20.9. The van der Waals surface area contributed by atoms with Crippen molar-refractivity contribution in [2.75, 3.05) is 0 Å². The van der Waals surface area contributed by atoms with Crippen LogP contribution in [-0.2, 0) is 20.1 Å². The second-order valence-electron chi connectivity index (χ2n) is 9.91. The predicted molar refractivity (Wildman–Crippen MR) is 168 cm³/mol. The van der Waals surface area contributed by atoms with E-state index in [4.69, 9.17) is 9.90 Å². The molecular weight excluding hydrogens is 701 g/mol. The van der Waals surface area contributed by atoms with E-state index in [1.165, 1.54) is 22.0 Å². The number of thiophene rings is 1. The van der Waals surface area contributed by atoms with E-state index in [9.17, 15) is 0 Å². The standard InChI is InChI=1S/C25H22NOS.C11H8N.Ir/c1-13(2)21-11-22(26-12-14(21)3)20-8-6-7-18-19-10-9-17-15(4)16(5)28-25(17)24(19)27-23(18)20;1-2-6-10(7-3-1)11-8-4-5-9-12-11;/h6-7,9-13H,1-5H3;1-6,8-9H;/q2*-1;/i3D3,13D;;. The molecule has 0 unspecified atom stereocenters. The number of nitrogens with zero attached hydrogens (tertiary/aromatic N) is 2. The van der Waals surface area contributed by atoms with E-state index >= 15 is 0 Å². The number of pyridine rings is 2. The third kappa shape index (κ3) is 5.50. The molecule has 0 fully saturated rings. The predicted octanol–water partition coefficient (Wildman–Crippen LogP) is 10.3. The van der Waals surface area contributed by atoms with Crippen molar-refractivity contribution in [2.45, 2.75) is 40.4 Å². The molecule has 1 radical (unpaired) electrons. The minimum absolute atomic E-state index is 0. The molecule has 207 valence electrons. The smallest absolute Gasteiger partial charge is 0.138 e. The normalized spacial score (nSPS) is 13.1. The van der Waals surface area contributed by atoms with Crippen LogP contribution in [0.1, 0.15) is 46.8 Å². The van der Waals surface area contributed by atoms with Gasteiger partial charge in [0.05, 0.1) is 10.3 Å². The van der Waals surface area contributed by atoms with Crippen LogP contribution < -0.4 is 0 Å². The van der Waals surface area contributed by atoms with Gasteiger partial charge in [-0.05, 0) is 66.1 Å². The Labute approximate surface area is 264 Å². The average Bonchev–Trinajstić information content (AvgIpc) is 3.54. The number of aryl methyl sites for hydroxylation is 3. The summed E-state index contributed by atoms with van der Waals surface area (Å²) in [5, 5.41) is 3.19. The van der Waals surface area contributed by atoms with Gasteiger partial charge in [0.25, 0.3) is 0 Å². The topological polar surface area (TPSA) is 38.9 Å². The first-order valence-corrected chi connectivity index (χ1v) is 13.9. The Bertz CT molecular complexity index is 2080. The van der Waals surface area contributed by atoms with Gasteiger partial charge in [0, 0.05) is 48.2 Å². The minimum Gasteiger partial charge on any atom is -0.499 e. The quantitative estimate of drug-likeness (QED) is 0.170. The molecule has 0 aliphatic rings. The maximum Gasteiger partial charge on any atom is 0.138 e. The largest absolute Gasteiger partial charge is 0.499 e. The second-order valence-corrected chi connectivity index (χ2v) is 11.1. The van der Waals surface area contributed by atoms with Crippen molar-refractivity contribution in [1.82, 2.24) is 9.97 Å². The number of furan rings is 1. The summed E-state index contributed by atoms with van der Waals surface area (Å²) in [7, 11) is 0. The van der Waals surface area contributed by atoms with E-state index in [0.29, 0.717) is 22.4 Å². The van der Waals surface area contributed by atoms with Gasteiger partial charge in [-0.25, -0.2) is 0 Å². The average molecular weight is 735 g/mol. The van der Waals surface area contributed by atoms with Crippen LogP contribution in [0.3, 0.4) is 0 Å². The molecule has 41 heavy (non-hydrogen) atoms. The Balaban J connectivity index is 0.000000258. The molecule has 7 rings (SSSR count). The maximum atomic E-state index is 8.51. The summed E-state index contributed by atoms with van der Waals surface area (Å²) in [6.07, 6.45) is 3.16. The number of rotatable bonds is 3. The van der Waals surface area contributed by atoms with Crippen LogP contribution in [0.25, 0.3) is 54.5 Å². The number of hydrogen-bond acceptors (Lipinski definition) is 4. The van der Waals surface area contributed by atoms with Crippen molar-refractivity contribution in [1.29, 1.82) is 0 Å². The van der Waals surface area contributed by atoms with Gasteiger partial charge in [-0.1, -0.05) is 55.1 Å². The van der Waals surface area contributed by atoms with E-state index in [-0.39, 0.29) is 25.7 Å². The molecule has 0 bridgehead atoms. The number of benzene rings is 3. The van der Waals surface area contributed by atoms with Crippen LogP contribution in [0.5, 0.6) is 0 Å². The third-order valence-corrected chi connectivity index (χ3v) is 8.31. The molecule has 0 amide bonds. The van der Waals surface area contributed by atoms with Gasteiger partial charge < -0.3 is 14.4 Å². The summed E-state index contributed by atoms with van der Waals surface area (Å²) in [5.41, 5.74) is 6.54. The molecule has 0 N–H and O–H groups in total. The van der Waals surface area contributed by atoms with Crippen molar-refractivity contribution in [2.24, 2.45) is 0 Å². The van der Waals surface area contributed by atoms with E-state index in [0.717, 1.165) is 32.3 Å². The van der Waals surface area contributed by atoms with Crippen LogP contribution in [0.15, 0.2) is 89.6 Å². The Morgan fingerprint density at radius 1 is 0.878 bits per heavy atom. The molecule has 5 heteroatoms. The fraction of sp³-hybridized carbons (Fsp3) is 0.167. The molecule has 0 saturated heterocycles. The molecule has 3 nitrogen and oxygen atoms in total. The monoisotopic (exact) mass is 735 g/mol. The summed E-state index contributed by atoms with van der Waals surface area (Å²) < 4.78 is 39.6. The van der Waals surface area contributed by atoms with Crippen LogP contribution in [0.4, 0.5) is 0 Å². The molecule has 0 saturated carbocycles. The zero-order valence-corrected chi connectivity index (χ0v) is 26.3. The molecule has 0 atom stereocenters. The molecule has 3 aromatic carbocycles. The van der Waals surface area contributed by atoms with Crippen molar-refractivity contribution in [3.63, 3.8) is 0 Å². The van der Waals surface area contributed by atoms with Gasteiger partial charge in [-0.2, -0.15) is 0 Å². The molecule has 0 aliphatic carbocycles. The summed E-state index contributed by atoms with van der Waals surface area (Å²) >= 11 is 1.73. The minimum atomic E-state index is -2.34. The van der Waals surface area contributed by atoms with E-state index in [1.54, 1.807) is 37.4 Å². The Kier molecular flexibility index (Phi) is 7.08. The Morgan fingerprint density at radius 2 is 1.68 bits per heavy atom. The molecule has 0 aliphatic heterocycles. The van der Waals surface area contributed by atoms with Gasteiger partial charge >= 0.3 is 0 Å². The van der Waals surface area contributed by atoms with Crippen molar-refractivity contribution in [3.05, 3.63) is 119 Å². The molecular formula is C36H30IrN2OS-2. The first kappa shape index (κ1) is 24.0. The van der Waals surface area contributed by atoms with Crippen LogP contribution >= 0.6 is 11.3 Å². The van der Waals surface area contributed by atoms with Gasteiger partial charge in [0.1, 0.15) is 5.58 Å². The maximum absolute atomic E-state index is 8.51. The second kappa shape index (κ2) is 12.1. The number of hydrogen-bond donors (Lipinski definition) is 0. The summed E-state index contributed by atoms with van der Waals surface area (Å²) in [4.78, 5) is 9.94. The van der Waals surface area contributed by atoms with Gasteiger partial charge in [-0.3, -0.25) is 0 Å². The Hall–Kier alpha value is -3.63. The summed E-state index contributed by atoms with van der Waals surface area (Å²) in [6.45, 7) is 5.28. The fourth-order valence-electron chi connectivity index (χ4n) is 4.87. The number of fused-ring (bicyclic) bond motifs is 5. The van der Waals surface area contributed by atoms with Gasteiger partial charge in [-0.15, -0.1) is 65.4 Å². The van der Waals surface area contributed by atoms with Crippen LogP contribution in [0, 0.1) is 32.8 Å². The summed E-state index contributed by atoms with van der Waals surface area (Å²) in [6, 6.07) is 29.8. The SMILES string of the molecule is [2H]C([2H])([2H])c1cnc(-c2[c-]ccc3c2oc2c3ccc3c(C)c(C)sc32)cc1C([2H])(C)C.[Ir].[c-]1ccccc1-c1ccccn1. The van der Waals surface area contributed by atoms with E-state index < -0.39 is 12.7 Å². The fourth-order valence-corrected chi connectivity index (χ4v) is 6.01. The van der Waals surface area contributed by atoms with Gasteiger partial charge in [0.15, 0.2) is 0 Å². The molecule has 7 aromatic rings. The zero-order valence-electron chi connectivity index (χ0n) is 27.1. The summed E-state index contributed by atoms with van der Waals surface area (Å²) in [5.74, 6) is -1.10. The molecule has 4 aromatic heterocycles. The van der Waals surface area contributed by atoms with Crippen LogP contribution in [-0.4, -0.2) is 9.97 Å². The van der Waals surface area contributed by atoms with Crippen molar-refractivity contribution < 1.29 is 30.0 Å². The Morgan fingerprint density at radius 3 is 2.41 bits per heavy atom. The van der Waals surface area contributed by atoms with Gasteiger partial charge in [0.2, 0.25) is 0 Å². The molecule has 4 heterocycles.